The maximum absolute atomic E-state index is 17.3. The molecule has 3 saturated carbocycles. The Morgan fingerprint density at radius 3 is 2.56 bits per heavy atom. The first kappa shape index (κ1) is 25.7. The second-order valence-electron chi connectivity index (χ2n) is 11.9. The number of aliphatic hydroxyl groups is 1. The summed E-state index contributed by atoms with van der Waals surface area (Å²) in [6.07, 6.45) is -0.236. The zero-order chi connectivity index (χ0) is 26.5. The van der Waals surface area contributed by atoms with Gasteiger partial charge in [-0.15, -0.1) is 0 Å². The molecule has 0 radical (unpaired) electrons. The third kappa shape index (κ3) is 3.02. The minimum absolute atomic E-state index is 0.0421. The number of rotatable bonds is 4. The normalized spacial score (nSPS) is 48.4. The van der Waals surface area contributed by atoms with Crippen molar-refractivity contribution in [1.82, 2.24) is 0 Å². The highest BCUT2D eigenvalue weighted by Crippen LogP contribution is 2.72. The summed E-state index contributed by atoms with van der Waals surface area (Å²) in [7, 11) is 0. The van der Waals surface area contributed by atoms with E-state index in [2.05, 4.69) is 0 Å². The number of hydrogen-bond acceptors (Lipinski definition) is 7. The summed E-state index contributed by atoms with van der Waals surface area (Å²) in [6.45, 7) is 7.73. The number of aliphatic hydroxyl groups excluding tert-OH is 1. The van der Waals surface area contributed by atoms with Crippen LogP contribution in [0.3, 0.4) is 0 Å². The highest BCUT2D eigenvalue weighted by atomic mass is 19.1. The zero-order valence-corrected chi connectivity index (χ0v) is 21.3. The lowest BCUT2D eigenvalue weighted by atomic mass is 9.44. The third-order valence-electron chi connectivity index (χ3n) is 9.69. The number of fused-ring (bicyclic) bond motifs is 7. The monoisotopic (exact) mass is 508 g/mol. The van der Waals surface area contributed by atoms with Crippen LogP contribution in [0.1, 0.15) is 60.3 Å². The Morgan fingerprint density at radius 2 is 1.89 bits per heavy atom. The first-order valence-corrected chi connectivity index (χ1v) is 12.7. The Hall–Kier alpha value is -1.97. The molecule has 198 valence electrons. The van der Waals surface area contributed by atoms with Crippen LogP contribution in [-0.2, 0) is 28.6 Å². The molecule has 5 aliphatic rings. The van der Waals surface area contributed by atoms with Crippen molar-refractivity contribution in [2.45, 2.75) is 95.7 Å². The van der Waals surface area contributed by atoms with E-state index in [-0.39, 0.29) is 31.3 Å². The van der Waals surface area contributed by atoms with Gasteiger partial charge in [-0.1, -0.05) is 19.9 Å². The van der Waals surface area contributed by atoms with Crippen molar-refractivity contribution in [2.75, 3.05) is 6.61 Å². The Kier molecular flexibility index (Phi) is 5.54. The van der Waals surface area contributed by atoms with Crippen molar-refractivity contribution in [3.8, 4) is 0 Å². The average molecular weight is 509 g/mol. The van der Waals surface area contributed by atoms with E-state index >= 15 is 8.78 Å². The largest absolute Gasteiger partial charge is 0.458 e. The fourth-order valence-corrected chi connectivity index (χ4v) is 8.16. The number of esters is 1. The standard InChI is InChI=1S/C27H34F2O7/c1-6-22(33)34-13-20(32)27-21(35-23(2,3)36-27)11-15-16-10-18(28)17-9-14(30)7-8-24(17,4)26(16,29)19(31)12-25(15,27)5/h7-9,15-16,18-19,21,31H,6,10-13H2,1-5H3/t15-,16-,18-,19-,21+,24-,25-,26-,27+/m0/s1. The molecule has 1 aliphatic heterocycles. The number of carbonyl (C=O) groups is 3. The summed E-state index contributed by atoms with van der Waals surface area (Å²) in [4.78, 5) is 37.6. The van der Waals surface area contributed by atoms with Crippen LogP contribution in [0.15, 0.2) is 23.8 Å². The van der Waals surface area contributed by atoms with Crippen molar-refractivity contribution < 1.29 is 42.5 Å². The fraction of sp³-hybridized carbons (Fsp3) is 0.741. The van der Waals surface area contributed by atoms with Gasteiger partial charge in [0.05, 0.1) is 12.2 Å². The van der Waals surface area contributed by atoms with E-state index in [9.17, 15) is 19.5 Å². The fourth-order valence-electron chi connectivity index (χ4n) is 8.16. The maximum Gasteiger partial charge on any atom is 0.305 e. The summed E-state index contributed by atoms with van der Waals surface area (Å²) in [6, 6.07) is 0. The molecule has 4 aliphatic carbocycles. The van der Waals surface area contributed by atoms with Crippen LogP contribution in [0, 0.1) is 22.7 Å². The molecular weight excluding hydrogens is 474 g/mol. The average Bonchev–Trinajstić information content (AvgIpc) is 3.21. The molecule has 0 amide bonds. The van der Waals surface area contributed by atoms with Gasteiger partial charge in [0, 0.05) is 23.2 Å². The van der Waals surface area contributed by atoms with Crippen LogP contribution in [0.4, 0.5) is 8.78 Å². The maximum atomic E-state index is 17.3. The second-order valence-corrected chi connectivity index (χ2v) is 11.9. The quantitative estimate of drug-likeness (QED) is 0.582. The van der Waals surface area contributed by atoms with Gasteiger partial charge in [-0.25, -0.2) is 8.78 Å². The van der Waals surface area contributed by atoms with Crippen molar-refractivity contribution in [3.63, 3.8) is 0 Å². The minimum atomic E-state index is -2.27. The molecule has 1 N–H and O–H groups in total. The molecule has 1 heterocycles. The van der Waals surface area contributed by atoms with Crippen LogP contribution < -0.4 is 0 Å². The second kappa shape index (κ2) is 7.77. The molecule has 0 bridgehead atoms. The Labute approximate surface area is 209 Å². The van der Waals surface area contributed by atoms with E-state index in [4.69, 9.17) is 14.2 Å². The highest BCUT2D eigenvalue weighted by molar-refractivity contribution is 6.01. The van der Waals surface area contributed by atoms with Crippen LogP contribution >= 0.6 is 0 Å². The number of hydrogen-bond donors (Lipinski definition) is 1. The molecule has 0 aromatic heterocycles. The molecule has 0 unspecified atom stereocenters. The summed E-state index contributed by atoms with van der Waals surface area (Å²) in [5, 5.41) is 11.5. The van der Waals surface area contributed by atoms with Crippen LogP contribution in [0.2, 0.25) is 0 Å². The molecule has 4 fully saturated rings. The number of Topliss-reactive ketones (excluding diaryl/α,β-unsaturated/α-hetero) is 1. The number of allylic oxidation sites excluding steroid dienone is 4. The van der Waals surface area contributed by atoms with Crippen molar-refractivity contribution in [1.29, 1.82) is 0 Å². The molecule has 9 heteroatoms. The predicted octanol–water partition coefficient (Wildman–Crippen LogP) is 3.33. The lowest BCUT2D eigenvalue weighted by Gasteiger charge is -2.63. The van der Waals surface area contributed by atoms with Crippen molar-refractivity contribution in [2.24, 2.45) is 22.7 Å². The first-order valence-electron chi connectivity index (χ1n) is 12.7. The topological polar surface area (TPSA) is 99.1 Å². The van der Waals surface area contributed by atoms with Crippen LogP contribution in [-0.4, -0.2) is 64.7 Å². The van der Waals surface area contributed by atoms with Crippen molar-refractivity contribution in [3.05, 3.63) is 23.8 Å². The van der Waals surface area contributed by atoms with E-state index in [1.54, 1.807) is 27.7 Å². The van der Waals surface area contributed by atoms with Gasteiger partial charge in [-0.2, -0.15) is 0 Å². The third-order valence-corrected chi connectivity index (χ3v) is 9.69. The molecule has 0 aromatic rings. The Bertz CT molecular complexity index is 1080. The zero-order valence-electron chi connectivity index (χ0n) is 21.3. The summed E-state index contributed by atoms with van der Waals surface area (Å²) < 4.78 is 50.6. The van der Waals surface area contributed by atoms with E-state index in [0.29, 0.717) is 0 Å². The first-order chi connectivity index (χ1) is 16.7. The summed E-state index contributed by atoms with van der Waals surface area (Å²) in [5.74, 6) is -4.13. The number of ether oxygens (including phenoxy) is 3. The summed E-state index contributed by atoms with van der Waals surface area (Å²) in [5.41, 5.74) is -6.46. The molecule has 5 rings (SSSR count). The lowest BCUT2D eigenvalue weighted by molar-refractivity contribution is -0.249. The number of halogens is 2. The van der Waals surface area contributed by atoms with E-state index in [1.807, 2.05) is 0 Å². The SMILES string of the molecule is CCC(=O)OCC(=O)[C@@]12OC(C)(C)O[C@@H]1C[C@H]1[C@@H]3C[C@H](F)C4=CC(=O)C=C[C@]4(C)[C@@]3(F)[C@@H](O)C[C@@]12C. The van der Waals surface area contributed by atoms with Gasteiger partial charge < -0.3 is 19.3 Å². The number of carbonyl (C=O) groups excluding carboxylic acids is 3. The molecule has 0 aromatic carbocycles. The van der Waals surface area contributed by atoms with Crippen LogP contribution in [0.5, 0.6) is 0 Å². The molecular formula is C27H34F2O7. The molecule has 0 spiro atoms. The molecule has 1 saturated heterocycles. The van der Waals surface area contributed by atoms with Gasteiger partial charge >= 0.3 is 5.97 Å². The molecule has 7 nitrogen and oxygen atoms in total. The van der Waals surface area contributed by atoms with Gasteiger partial charge in [0.25, 0.3) is 0 Å². The van der Waals surface area contributed by atoms with E-state index in [0.717, 1.165) is 6.08 Å². The predicted molar refractivity (Wildman–Crippen MR) is 123 cm³/mol. The van der Waals surface area contributed by atoms with Crippen LogP contribution in [0.25, 0.3) is 0 Å². The summed E-state index contributed by atoms with van der Waals surface area (Å²) >= 11 is 0. The number of ketones is 2. The molecule has 9 atom stereocenters. The van der Waals surface area contributed by atoms with E-state index in [1.165, 1.54) is 19.1 Å². The smallest absolute Gasteiger partial charge is 0.305 e. The van der Waals surface area contributed by atoms with Crippen molar-refractivity contribution >= 4 is 17.5 Å². The van der Waals surface area contributed by atoms with Gasteiger partial charge in [-0.05, 0) is 63.7 Å². The Balaban J connectivity index is 1.60. The van der Waals surface area contributed by atoms with E-state index < -0.39 is 82.2 Å². The lowest BCUT2D eigenvalue weighted by Crippen LogP contribution is -2.71. The highest BCUT2D eigenvalue weighted by Gasteiger charge is 2.80. The minimum Gasteiger partial charge on any atom is -0.458 e. The van der Waals surface area contributed by atoms with Gasteiger partial charge in [0.1, 0.15) is 6.17 Å². The molecule has 36 heavy (non-hydrogen) atoms. The van der Waals surface area contributed by atoms with Gasteiger partial charge in [-0.3, -0.25) is 14.4 Å². The van der Waals surface area contributed by atoms with Gasteiger partial charge in [0.2, 0.25) is 5.78 Å². The van der Waals surface area contributed by atoms with Gasteiger partial charge in [0.15, 0.2) is 29.4 Å². The Morgan fingerprint density at radius 1 is 1.19 bits per heavy atom. The number of alkyl halides is 2.